The van der Waals surface area contributed by atoms with E-state index in [1.54, 1.807) is 40.0 Å². The molecule has 8 nitrogen and oxygen atoms in total. The molecule has 3 rings (SSSR count). The standard InChI is InChI=1S/C23H25FN6O2/c1-14(28-22(31)32-23(2,3)4)13-27-21-18(24)11-16(12-25)20(30-21)29-17-7-8-19-15(10-17)6-5-9-26-19/h5-11,14H,13H2,1-4H3,(H,28,31)(H2,27,29,30)/t14-/m0/s1. The molecule has 0 saturated carbocycles. The number of rotatable bonds is 6. The summed E-state index contributed by atoms with van der Waals surface area (Å²) in [6, 6.07) is 12.0. The van der Waals surface area contributed by atoms with Crippen LogP contribution in [0.2, 0.25) is 0 Å². The Hall–Kier alpha value is -3.93. The molecule has 0 unspecified atom stereocenters. The van der Waals surface area contributed by atoms with Crippen LogP contribution in [-0.2, 0) is 4.74 Å². The smallest absolute Gasteiger partial charge is 0.407 e. The number of nitrogens with one attached hydrogen (secondary N) is 3. The lowest BCUT2D eigenvalue weighted by Crippen LogP contribution is -2.41. The number of anilines is 3. The summed E-state index contributed by atoms with van der Waals surface area (Å²) in [5, 5.41) is 18.9. The molecule has 166 valence electrons. The fourth-order valence-electron chi connectivity index (χ4n) is 2.89. The Morgan fingerprint density at radius 1 is 1.25 bits per heavy atom. The Bertz CT molecular complexity index is 1170. The molecule has 0 saturated heterocycles. The zero-order valence-corrected chi connectivity index (χ0v) is 18.4. The normalized spacial score (nSPS) is 12.0. The zero-order valence-electron chi connectivity index (χ0n) is 18.4. The molecular weight excluding hydrogens is 411 g/mol. The highest BCUT2D eigenvalue weighted by Crippen LogP contribution is 2.25. The third kappa shape index (κ3) is 6.04. The maximum absolute atomic E-state index is 14.5. The maximum Gasteiger partial charge on any atom is 0.407 e. The number of carbonyl (C=O) groups excluding carboxylic acids is 1. The van der Waals surface area contributed by atoms with Crippen LogP contribution in [0.1, 0.15) is 33.3 Å². The van der Waals surface area contributed by atoms with Crippen molar-refractivity contribution < 1.29 is 13.9 Å². The number of hydrogen-bond donors (Lipinski definition) is 3. The summed E-state index contributed by atoms with van der Waals surface area (Å²) >= 11 is 0. The molecule has 0 radical (unpaired) electrons. The molecule has 0 aliphatic rings. The van der Waals surface area contributed by atoms with Gasteiger partial charge < -0.3 is 20.7 Å². The van der Waals surface area contributed by atoms with E-state index in [0.29, 0.717) is 5.69 Å². The minimum Gasteiger partial charge on any atom is -0.444 e. The molecule has 1 aromatic carbocycles. The summed E-state index contributed by atoms with van der Waals surface area (Å²) < 4.78 is 19.7. The van der Waals surface area contributed by atoms with E-state index in [2.05, 4.69) is 25.9 Å². The first-order chi connectivity index (χ1) is 15.1. The molecular formula is C23H25FN6O2. The van der Waals surface area contributed by atoms with Gasteiger partial charge in [0.1, 0.15) is 11.7 Å². The van der Waals surface area contributed by atoms with E-state index in [1.807, 2.05) is 30.3 Å². The summed E-state index contributed by atoms with van der Waals surface area (Å²) in [4.78, 5) is 20.4. The largest absolute Gasteiger partial charge is 0.444 e. The van der Waals surface area contributed by atoms with Gasteiger partial charge in [-0.2, -0.15) is 5.26 Å². The fraction of sp³-hybridized carbons (Fsp3) is 0.304. The van der Waals surface area contributed by atoms with Gasteiger partial charge in [0.25, 0.3) is 0 Å². The molecule has 0 bridgehead atoms. The van der Waals surface area contributed by atoms with Crippen LogP contribution in [0, 0.1) is 17.1 Å². The number of aromatic nitrogens is 2. The Morgan fingerprint density at radius 2 is 2.03 bits per heavy atom. The zero-order chi connectivity index (χ0) is 23.3. The average Bonchev–Trinajstić information content (AvgIpc) is 2.72. The third-order valence-corrected chi connectivity index (χ3v) is 4.30. The van der Waals surface area contributed by atoms with Crippen LogP contribution in [0.4, 0.5) is 26.5 Å². The lowest BCUT2D eigenvalue weighted by Gasteiger charge is -2.22. The van der Waals surface area contributed by atoms with E-state index in [9.17, 15) is 14.4 Å². The van der Waals surface area contributed by atoms with Crippen LogP contribution in [0.3, 0.4) is 0 Å². The second kappa shape index (κ2) is 9.47. The van der Waals surface area contributed by atoms with Crippen molar-refractivity contribution in [2.75, 3.05) is 17.2 Å². The number of carbonyl (C=O) groups is 1. The number of pyridine rings is 2. The third-order valence-electron chi connectivity index (χ3n) is 4.30. The Morgan fingerprint density at radius 3 is 2.75 bits per heavy atom. The summed E-state index contributed by atoms with van der Waals surface area (Å²) in [6.45, 7) is 7.27. The van der Waals surface area contributed by atoms with Gasteiger partial charge in [-0.25, -0.2) is 14.2 Å². The first-order valence-corrected chi connectivity index (χ1v) is 10.1. The Labute approximate surface area is 185 Å². The molecule has 3 N–H and O–H groups in total. The summed E-state index contributed by atoms with van der Waals surface area (Å²) in [6.07, 6.45) is 1.15. The van der Waals surface area contributed by atoms with E-state index in [4.69, 9.17) is 4.74 Å². The first-order valence-electron chi connectivity index (χ1n) is 10.1. The van der Waals surface area contributed by atoms with Crippen molar-refractivity contribution in [2.24, 2.45) is 0 Å². The van der Waals surface area contributed by atoms with Crippen molar-refractivity contribution in [2.45, 2.75) is 39.3 Å². The average molecular weight is 436 g/mol. The van der Waals surface area contributed by atoms with E-state index in [0.717, 1.165) is 17.0 Å². The summed E-state index contributed by atoms with van der Waals surface area (Å²) in [7, 11) is 0. The fourth-order valence-corrected chi connectivity index (χ4v) is 2.89. The van der Waals surface area contributed by atoms with Crippen molar-refractivity contribution in [1.82, 2.24) is 15.3 Å². The highest BCUT2D eigenvalue weighted by molar-refractivity contribution is 5.83. The molecule has 3 aromatic rings. The van der Waals surface area contributed by atoms with Gasteiger partial charge in [0.2, 0.25) is 0 Å². The molecule has 1 amide bonds. The number of hydrogen-bond acceptors (Lipinski definition) is 7. The van der Waals surface area contributed by atoms with Crippen LogP contribution >= 0.6 is 0 Å². The second-order valence-corrected chi connectivity index (χ2v) is 8.29. The number of amides is 1. The minimum absolute atomic E-state index is 0.0354. The predicted molar refractivity (Wildman–Crippen MR) is 121 cm³/mol. The number of benzene rings is 1. The van der Waals surface area contributed by atoms with Crippen molar-refractivity contribution in [3.63, 3.8) is 0 Å². The van der Waals surface area contributed by atoms with E-state index in [1.165, 1.54) is 0 Å². The van der Waals surface area contributed by atoms with Gasteiger partial charge >= 0.3 is 6.09 Å². The molecule has 2 aromatic heterocycles. The Balaban J connectivity index is 1.73. The van der Waals surface area contributed by atoms with Gasteiger partial charge in [-0.15, -0.1) is 0 Å². The monoisotopic (exact) mass is 436 g/mol. The molecule has 1 atom stereocenters. The predicted octanol–water partition coefficient (Wildman–Crippen LogP) is 4.71. The van der Waals surface area contributed by atoms with Gasteiger partial charge in [0.05, 0.1) is 11.1 Å². The summed E-state index contributed by atoms with van der Waals surface area (Å²) in [5.74, 6) is -0.488. The molecule has 0 spiro atoms. The highest BCUT2D eigenvalue weighted by Gasteiger charge is 2.18. The van der Waals surface area contributed by atoms with E-state index >= 15 is 0 Å². The molecule has 0 aliphatic carbocycles. The minimum atomic E-state index is -0.667. The number of ether oxygens (including phenoxy) is 1. The highest BCUT2D eigenvalue weighted by atomic mass is 19.1. The SMILES string of the molecule is C[C@@H](CNc1nc(Nc2ccc3ncccc3c2)c(C#N)cc1F)NC(=O)OC(C)(C)C. The molecule has 0 aliphatic heterocycles. The van der Waals surface area contributed by atoms with E-state index in [-0.39, 0.29) is 29.8 Å². The van der Waals surface area contributed by atoms with Crippen molar-refractivity contribution in [1.29, 1.82) is 5.26 Å². The number of halogens is 1. The lowest BCUT2D eigenvalue weighted by molar-refractivity contribution is 0.0511. The van der Waals surface area contributed by atoms with Crippen LogP contribution in [0.25, 0.3) is 10.9 Å². The topological polar surface area (TPSA) is 112 Å². The Kier molecular flexibility index (Phi) is 6.73. The molecule has 9 heteroatoms. The number of alkyl carbamates (subject to hydrolysis) is 1. The van der Waals surface area contributed by atoms with Gasteiger partial charge in [0, 0.05) is 29.9 Å². The van der Waals surface area contributed by atoms with E-state index < -0.39 is 17.5 Å². The van der Waals surface area contributed by atoms with Crippen molar-refractivity contribution >= 4 is 34.3 Å². The molecule has 2 heterocycles. The van der Waals surface area contributed by atoms with Gasteiger partial charge in [-0.05, 0) is 58.0 Å². The number of nitrogens with zero attached hydrogens (tertiary/aromatic N) is 3. The number of nitriles is 1. The van der Waals surface area contributed by atoms with Gasteiger partial charge in [0.15, 0.2) is 17.5 Å². The number of fused-ring (bicyclic) bond motifs is 1. The van der Waals surface area contributed by atoms with Gasteiger partial charge in [-0.3, -0.25) is 4.98 Å². The lowest BCUT2D eigenvalue weighted by atomic mass is 10.2. The molecule has 0 fully saturated rings. The summed E-state index contributed by atoms with van der Waals surface area (Å²) in [5.41, 5.74) is 0.975. The van der Waals surface area contributed by atoms with Crippen molar-refractivity contribution in [3.8, 4) is 6.07 Å². The van der Waals surface area contributed by atoms with Crippen molar-refractivity contribution in [3.05, 3.63) is 54.0 Å². The molecule has 32 heavy (non-hydrogen) atoms. The second-order valence-electron chi connectivity index (χ2n) is 8.29. The van der Waals surface area contributed by atoms with Crippen LogP contribution < -0.4 is 16.0 Å². The first kappa shape index (κ1) is 22.7. The van der Waals surface area contributed by atoms with Crippen LogP contribution in [0.5, 0.6) is 0 Å². The quantitative estimate of drug-likeness (QED) is 0.513. The van der Waals surface area contributed by atoms with Crippen LogP contribution in [0.15, 0.2) is 42.6 Å². The van der Waals surface area contributed by atoms with Crippen LogP contribution in [-0.4, -0.2) is 34.2 Å². The van der Waals surface area contributed by atoms with Gasteiger partial charge in [-0.1, -0.05) is 6.07 Å². The maximum atomic E-state index is 14.5.